The Labute approximate surface area is 164 Å². The molecule has 0 spiro atoms. The highest BCUT2D eigenvalue weighted by atomic mass is 16.5. The number of likely N-dealkylation sites (tertiary alicyclic amines) is 1. The van der Waals surface area contributed by atoms with Gasteiger partial charge in [0.15, 0.2) is 0 Å². The van der Waals surface area contributed by atoms with Gasteiger partial charge in [-0.3, -0.25) is 4.79 Å². The summed E-state index contributed by atoms with van der Waals surface area (Å²) in [6, 6.07) is 16.9. The van der Waals surface area contributed by atoms with Crippen molar-refractivity contribution in [2.75, 3.05) is 27.3 Å². The number of benzene rings is 3. The van der Waals surface area contributed by atoms with Crippen LogP contribution >= 0.6 is 0 Å². The standard InChI is InChI=1S/C23H23NO4/c1-27-18-11-17(12-19(13-18)28-2)16-9-10-24(14-16)23(26)21-8-7-15-5-3-4-6-20(15)22(21)25/h3-8,11-13,16,25H,9-10,14H2,1-2H3/t16-/m1/s1. The highest BCUT2D eigenvalue weighted by Crippen LogP contribution is 2.35. The number of ether oxygens (including phenoxy) is 2. The molecular formula is C23H23NO4. The van der Waals surface area contributed by atoms with Gasteiger partial charge < -0.3 is 19.5 Å². The maximum Gasteiger partial charge on any atom is 0.257 e. The molecule has 1 fully saturated rings. The first-order valence-corrected chi connectivity index (χ1v) is 9.33. The number of carbonyl (C=O) groups is 1. The van der Waals surface area contributed by atoms with Crippen molar-refractivity contribution in [3.8, 4) is 17.2 Å². The van der Waals surface area contributed by atoms with Gasteiger partial charge in [0.2, 0.25) is 0 Å². The van der Waals surface area contributed by atoms with Crippen molar-refractivity contribution in [3.63, 3.8) is 0 Å². The number of aromatic hydroxyl groups is 1. The van der Waals surface area contributed by atoms with Gasteiger partial charge in [0.25, 0.3) is 5.91 Å². The monoisotopic (exact) mass is 377 g/mol. The zero-order valence-corrected chi connectivity index (χ0v) is 16.0. The van der Waals surface area contributed by atoms with E-state index in [2.05, 4.69) is 0 Å². The van der Waals surface area contributed by atoms with Crippen LogP contribution < -0.4 is 9.47 Å². The van der Waals surface area contributed by atoms with Gasteiger partial charge in [-0.05, 0) is 35.6 Å². The number of methoxy groups -OCH3 is 2. The van der Waals surface area contributed by atoms with E-state index in [0.29, 0.717) is 24.0 Å². The Hall–Kier alpha value is -3.21. The zero-order chi connectivity index (χ0) is 19.7. The molecule has 0 bridgehead atoms. The second kappa shape index (κ2) is 7.43. The van der Waals surface area contributed by atoms with Crippen LogP contribution in [0, 0.1) is 0 Å². The molecular weight excluding hydrogens is 354 g/mol. The van der Waals surface area contributed by atoms with Crippen molar-refractivity contribution >= 4 is 16.7 Å². The zero-order valence-electron chi connectivity index (χ0n) is 16.0. The fourth-order valence-electron chi connectivity index (χ4n) is 3.88. The predicted molar refractivity (Wildman–Crippen MR) is 108 cm³/mol. The number of fused-ring (bicyclic) bond motifs is 1. The first-order chi connectivity index (χ1) is 13.6. The van der Waals surface area contributed by atoms with Gasteiger partial charge in [-0.2, -0.15) is 0 Å². The maximum absolute atomic E-state index is 13.1. The Morgan fingerprint density at radius 3 is 2.46 bits per heavy atom. The van der Waals surface area contributed by atoms with Gasteiger partial charge in [-0.1, -0.05) is 30.3 Å². The average molecular weight is 377 g/mol. The van der Waals surface area contributed by atoms with Crippen LogP contribution in [0.25, 0.3) is 10.8 Å². The van der Waals surface area contributed by atoms with Gasteiger partial charge in [0, 0.05) is 30.5 Å². The van der Waals surface area contributed by atoms with Crippen molar-refractivity contribution < 1.29 is 19.4 Å². The van der Waals surface area contributed by atoms with Crippen LogP contribution in [0.15, 0.2) is 54.6 Å². The minimum atomic E-state index is -0.138. The van der Waals surface area contributed by atoms with E-state index in [-0.39, 0.29) is 17.6 Å². The van der Waals surface area contributed by atoms with Crippen molar-refractivity contribution in [1.29, 1.82) is 0 Å². The molecule has 0 radical (unpaired) electrons. The molecule has 1 saturated heterocycles. The van der Waals surface area contributed by atoms with E-state index >= 15 is 0 Å². The lowest BCUT2D eigenvalue weighted by Crippen LogP contribution is -2.28. The molecule has 0 unspecified atom stereocenters. The predicted octanol–water partition coefficient (Wildman–Crippen LogP) is 4.19. The van der Waals surface area contributed by atoms with Gasteiger partial charge in [-0.15, -0.1) is 0 Å². The summed E-state index contributed by atoms with van der Waals surface area (Å²) >= 11 is 0. The van der Waals surface area contributed by atoms with E-state index in [0.717, 1.165) is 28.9 Å². The first kappa shape index (κ1) is 18.2. The Morgan fingerprint density at radius 1 is 1.04 bits per heavy atom. The van der Waals surface area contributed by atoms with Crippen molar-refractivity contribution in [2.45, 2.75) is 12.3 Å². The lowest BCUT2D eigenvalue weighted by molar-refractivity contribution is 0.0788. The quantitative estimate of drug-likeness (QED) is 0.741. The van der Waals surface area contributed by atoms with E-state index in [4.69, 9.17) is 9.47 Å². The first-order valence-electron chi connectivity index (χ1n) is 9.33. The molecule has 0 saturated carbocycles. The van der Waals surface area contributed by atoms with Crippen LogP contribution in [0.4, 0.5) is 0 Å². The molecule has 5 heteroatoms. The number of hydrogen-bond donors (Lipinski definition) is 1. The summed E-state index contributed by atoms with van der Waals surface area (Å²) < 4.78 is 10.7. The average Bonchev–Trinajstić information content (AvgIpc) is 3.23. The van der Waals surface area contributed by atoms with Crippen LogP contribution in [-0.2, 0) is 0 Å². The highest BCUT2D eigenvalue weighted by Gasteiger charge is 2.30. The third-order valence-corrected chi connectivity index (χ3v) is 5.45. The van der Waals surface area contributed by atoms with Gasteiger partial charge >= 0.3 is 0 Å². The molecule has 0 aliphatic carbocycles. The van der Waals surface area contributed by atoms with Crippen molar-refractivity contribution in [1.82, 2.24) is 4.90 Å². The summed E-state index contributed by atoms with van der Waals surface area (Å²) in [6.07, 6.45) is 0.858. The molecule has 1 amide bonds. The van der Waals surface area contributed by atoms with Crippen LogP contribution in [0.2, 0.25) is 0 Å². The maximum atomic E-state index is 13.1. The largest absolute Gasteiger partial charge is 0.506 e. The summed E-state index contributed by atoms with van der Waals surface area (Å²) in [5, 5.41) is 12.2. The fourth-order valence-corrected chi connectivity index (χ4v) is 3.88. The molecule has 1 heterocycles. The Balaban J connectivity index is 1.58. The van der Waals surface area contributed by atoms with Crippen LogP contribution in [-0.4, -0.2) is 43.2 Å². The summed E-state index contributed by atoms with van der Waals surface area (Å²) in [6.45, 7) is 1.25. The second-order valence-electron chi connectivity index (χ2n) is 7.07. The number of nitrogens with zero attached hydrogens (tertiary/aromatic N) is 1. The third-order valence-electron chi connectivity index (χ3n) is 5.45. The molecule has 1 aliphatic rings. The number of phenolic OH excluding ortho intramolecular Hbond substituents is 1. The molecule has 0 aromatic heterocycles. The van der Waals surface area contributed by atoms with Gasteiger partial charge in [-0.25, -0.2) is 0 Å². The van der Waals surface area contributed by atoms with Crippen LogP contribution in [0.1, 0.15) is 28.3 Å². The van der Waals surface area contributed by atoms with Gasteiger partial charge in [0.1, 0.15) is 17.2 Å². The number of amides is 1. The minimum Gasteiger partial charge on any atom is -0.506 e. The van der Waals surface area contributed by atoms with E-state index in [9.17, 15) is 9.90 Å². The second-order valence-corrected chi connectivity index (χ2v) is 7.07. The van der Waals surface area contributed by atoms with Gasteiger partial charge in [0.05, 0.1) is 19.8 Å². The number of carbonyl (C=O) groups excluding carboxylic acids is 1. The van der Waals surface area contributed by atoms with Crippen molar-refractivity contribution in [3.05, 3.63) is 65.7 Å². The Bertz CT molecular complexity index is 1010. The third kappa shape index (κ3) is 3.24. The summed E-state index contributed by atoms with van der Waals surface area (Å²) in [5.41, 5.74) is 1.44. The van der Waals surface area contributed by atoms with Crippen molar-refractivity contribution in [2.24, 2.45) is 0 Å². The molecule has 1 atom stereocenters. The molecule has 4 rings (SSSR count). The van der Waals surface area contributed by atoms with E-state index in [1.54, 1.807) is 25.2 Å². The molecule has 5 nitrogen and oxygen atoms in total. The lowest BCUT2D eigenvalue weighted by Gasteiger charge is -2.18. The van der Waals surface area contributed by atoms with E-state index in [1.807, 2.05) is 48.5 Å². The molecule has 3 aromatic carbocycles. The number of hydrogen-bond acceptors (Lipinski definition) is 4. The highest BCUT2D eigenvalue weighted by molar-refractivity contribution is 6.03. The molecule has 1 N–H and O–H groups in total. The fraction of sp³-hybridized carbons (Fsp3) is 0.261. The number of rotatable bonds is 4. The lowest BCUT2D eigenvalue weighted by atomic mass is 9.98. The molecule has 144 valence electrons. The summed E-state index contributed by atoms with van der Waals surface area (Å²) in [4.78, 5) is 14.9. The topological polar surface area (TPSA) is 59.0 Å². The number of phenols is 1. The summed E-state index contributed by atoms with van der Waals surface area (Å²) in [7, 11) is 3.26. The van der Waals surface area contributed by atoms with E-state index in [1.165, 1.54) is 0 Å². The molecule has 3 aromatic rings. The normalized spacial score (nSPS) is 16.4. The molecule has 28 heavy (non-hydrogen) atoms. The smallest absolute Gasteiger partial charge is 0.257 e. The molecule has 1 aliphatic heterocycles. The van der Waals surface area contributed by atoms with Crippen LogP contribution in [0.3, 0.4) is 0 Å². The Morgan fingerprint density at radius 2 is 1.75 bits per heavy atom. The SMILES string of the molecule is COc1cc(OC)cc([C@@H]2CCN(C(=O)c3ccc4ccccc4c3O)C2)c1. The van der Waals surface area contributed by atoms with Crippen LogP contribution in [0.5, 0.6) is 17.2 Å². The summed E-state index contributed by atoms with van der Waals surface area (Å²) in [5.74, 6) is 1.60. The minimum absolute atomic E-state index is 0.0506. The Kier molecular flexibility index (Phi) is 4.82. The van der Waals surface area contributed by atoms with E-state index < -0.39 is 0 Å².